The molecule has 0 aliphatic heterocycles. The third kappa shape index (κ3) is 8.59. The highest BCUT2D eigenvalue weighted by Gasteiger charge is 2.43. The fourth-order valence-corrected chi connectivity index (χ4v) is 24.3. The van der Waals surface area contributed by atoms with Crippen molar-refractivity contribution in [3.63, 3.8) is 0 Å². The minimum Gasteiger partial charge on any atom is -0.309 e. The summed E-state index contributed by atoms with van der Waals surface area (Å²) in [5, 5.41) is 15.6. The van der Waals surface area contributed by atoms with Crippen LogP contribution >= 0.6 is 0 Å². The summed E-state index contributed by atoms with van der Waals surface area (Å²) in [6, 6.07) is 137. The zero-order chi connectivity index (χ0) is 58.4. The fourth-order valence-electron chi connectivity index (χ4n) is 14.7. The Labute approximate surface area is 515 Å². The normalized spacial score (nSPS) is 11.9. The highest BCUT2D eigenvalue weighted by Crippen LogP contribution is 2.44. The molecule has 0 unspecified atom stereocenters. The average molecular weight is 1150 g/mol. The predicted octanol–water partition coefficient (Wildman–Crippen LogP) is 15.6. The molecule has 0 N–H and O–H groups in total. The highest BCUT2D eigenvalue weighted by atomic mass is 28.3. The largest absolute Gasteiger partial charge is 0.309 e. The van der Waals surface area contributed by atoms with Crippen molar-refractivity contribution < 1.29 is 0 Å². The van der Waals surface area contributed by atoms with E-state index in [-0.39, 0.29) is 0 Å². The molecule has 0 aliphatic rings. The standard InChI is InChI=1S/C84H60N2Si2/c1-8-31-64(32-9-1)85-80-51-24-23-48-77(80)79-60-65(54-56-83(79)85)86-81-52-25-22-47-76(81)78-59-63(53-55-82(78)86)84-74(61-29-26-45-72(57-61)87(66-33-10-2-11-34-66,67-35-12-3-13-36-67)68-37-14-4-15-38-68)49-28-50-75(84)62-30-27-46-73(58-62)88(69-39-16-5-17-40-69,70-41-18-6-19-42-70)71-43-20-7-21-44-71/h1-60H. The van der Waals surface area contributed by atoms with E-state index in [4.69, 9.17) is 0 Å². The predicted molar refractivity (Wildman–Crippen MR) is 379 cm³/mol. The van der Waals surface area contributed by atoms with Gasteiger partial charge in [0.1, 0.15) is 0 Å². The van der Waals surface area contributed by atoms with E-state index >= 15 is 0 Å². The van der Waals surface area contributed by atoms with Gasteiger partial charge in [-0.15, -0.1) is 0 Å². The molecule has 2 aromatic heterocycles. The average Bonchev–Trinajstić information content (AvgIpc) is 2.71. The zero-order valence-electron chi connectivity index (χ0n) is 48.5. The minimum atomic E-state index is -2.91. The molecule has 0 bridgehead atoms. The van der Waals surface area contributed by atoms with Crippen molar-refractivity contribution in [3.8, 4) is 44.8 Å². The first-order chi connectivity index (χ1) is 43.7. The van der Waals surface area contributed by atoms with E-state index in [0.29, 0.717) is 0 Å². The molecule has 16 aromatic rings. The zero-order valence-corrected chi connectivity index (χ0v) is 50.5. The van der Waals surface area contributed by atoms with Gasteiger partial charge in [-0.25, -0.2) is 0 Å². The van der Waals surface area contributed by atoms with Gasteiger partial charge < -0.3 is 9.13 Å². The summed E-state index contributed by atoms with van der Waals surface area (Å²) in [5.41, 5.74) is 14.1. The Kier molecular flexibility index (Phi) is 13.3. The van der Waals surface area contributed by atoms with Crippen LogP contribution < -0.4 is 41.5 Å². The van der Waals surface area contributed by atoms with Crippen molar-refractivity contribution in [1.29, 1.82) is 0 Å². The van der Waals surface area contributed by atoms with Crippen LogP contribution in [0.4, 0.5) is 0 Å². The molecule has 2 heterocycles. The maximum atomic E-state index is 2.53. The molecule has 0 amide bonds. The highest BCUT2D eigenvalue weighted by molar-refractivity contribution is 7.20. The number of para-hydroxylation sites is 3. The molecule has 4 heteroatoms. The van der Waals surface area contributed by atoms with E-state index in [1.165, 1.54) is 107 Å². The van der Waals surface area contributed by atoms with E-state index in [2.05, 4.69) is 373 Å². The summed E-state index contributed by atoms with van der Waals surface area (Å²) in [7, 11) is -5.82. The maximum Gasteiger partial charge on any atom is 0.179 e. The first-order valence-corrected chi connectivity index (χ1v) is 34.5. The lowest BCUT2D eigenvalue weighted by atomic mass is 9.87. The molecule has 0 spiro atoms. The van der Waals surface area contributed by atoms with Crippen molar-refractivity contribution in [2.45, 2.75) is 0 Å². The number of nitrogens with zero attached hydrogens (tertiary/aromatic N) is 2. The Balaban J connectivity index is 0.949. The second kappa shape index (κ2) is 22.2. The van der Waals surface area contributed by atoms with Gasteiger partial charge in [0.2, 0.25) is 0 Å². The summed E-state index contributed by atoms with van der Waals surface area (Å²) in [5.74, 6) is 0. The van der Waals surface area contributed by atoms with Crippen LogP contribution in [0.1, 0.15) is 0 Å². The van der Waals surface area contributed by atoms with E-state index in [1.807, 2.05) is 0 Å². The number of hydrogen-bond donors (Lipinski definition) is 0. The molecule has 0 aliphatic carbocycles. The van der Waals surface area contributed by atoms with Gasteiger partial charge in [-0.05, 0) is 129 Å². The minimum absolute atomic E-state index is 1.13. The number of fused-ring (bicyclic) bond motifs is 6. The van der Waals surface area contributed by atoms with E-state index in [0.717, 1.165) is 22.5 Å². The first-order valence-electron chi connectivity index (χ1n) is 30.5. The quantitative estimate of drug-likeness (QED) is 0.0804. The topological polar surface area (TPSA) is 9.86 Å². The van der Waals surface area contributed by atoms with Crippen LogP contribution in [0.15, 0.2) is 364 Å². The first kappa shape index (κ1) is 52.7. The van der Waals surface area contributed by atoms with Crippen LogP contribution in [0.3, 0.4) is 0 Å². The van der Waals surface area contributed by atoms with Crippen molar-refractivity contribution >= 4 is 101 Å². The molecule has 0 saturated carbocycles. The van der Waals surface area contributed by atoms with Crippen LogP contribution in [0.2, 0.25) is 0 Å². The summed E-state index contributed by atoms with van der Waals surface area (Å²) in [4.78, 5) is 0. The number of rotatable bonds is 13. The van der Waals surface area contributed by atoms with E-state index in [1.54, 1.807) is 0 Å². The van der Waals surface area contributed by atoms with E-state index < -0.39 is 16.1 Å². The summed E-state index contributed by atoms with van der Waals surface area (Å²) in [6.45, 7) is 0. The molecule has 0 saturated heterocycles. The molecule has 0 atom stereocenters. The molecule has 0 fully saturated rings. The number of hydrogen-bond acceptors (Lipinski definition) is 0. The van der Waals surface area contributed by atoms with Crippen LogP contribution in [0.5, 0.6) is 0 Å². The van der Waals surface area contributed by atoms with Crippen molar-refractivity contribution in [2.24, 2.45) is 0 Å². The Hall–Kier alpha value is -10.9. The van der Waals surface area contributed by atoms with Gasteiger partial charge >= 0.3 is 0 Å². The molecule has 2 nitrogen and oxygen atoms in total. The molecule has 14 aromatic carbocycles. The van der Waals surface area contributed by atoms with Crippen LogP contribution in [-0.2, 0) is 0 Å². The Morgan fingerprint density at radius 2 is 0.500 bits per heavy atom. The maximum absolute atomic E-state index is 2.91. The van der Waals surface area contributed by atoms with Gasteiger partial charge in [0.05, 0.1) is 22.1 Å². The smallest absolute Gasteiger partial charge is 0.179 e. The monoisotopic (exact) mass is 1150 g/mol. The molecule has 0 radical (unpaired) electrons. The van der Waals surface area contributed by atoms with Gasteiger partial charge in [-0.2, -0.15) is 0 Å². The fraction of sp³-hybridized carbons (Fsp3) is 0. The third-order valence-corrected chi connectivity index (χ3v) is 28.0. The summed E-state index contributed by atoms with van der Waals surface area (Å²) < 4.78 is 4.87. The SMILES string of the molecule is c1ccc(-n2c3ccccc3c3cc(-n4c5ccccc5c5cc(-c6c(-c7cccc([Si](c8ccccc8)(c8ccccc8)c8ccccc8)c7)cccc6-c6cccc([Si](c7ccccc7)(c7ccccc7)c7ccccc7)c6)ccc54)ccc32)cc1. The van der Waals surface area contributed by atoms with Crippen molar-refractivity contribution in [3.05, 3.63) is 364 Å². The Morgan fingerprint density at radius 1 is 0.182 bits per heavy atom. The second-order valence-corrected chi connectivity index (χ2v) is 30.7. The third-order valence-electron chi connectivity index (χ3n) is 18.4. The molecule has 414 valence electrons. The molecule has 88 heavy (non-hydrogen) atoms. The summed E-state index contributed by atoms with van der Waals surface area (Å²) >= 11 is 0. The number of benzene rings is 14. The van der Waals surface area contributed by atoms with Gasteiger partial charge in [0.15, 0.2) is 16.1 Å². The van der Waals surface area contributed by atoms with Crippen LogP contribution in [0, 0.1) is 0 Å². The Morgan fingerprint density at radius 3 is 0.920 bits per heavy atom. The lowest BCUT2D eigenvalue weighted by Crippen LogP contribution is -2.74. The molecular weight excluding hydrogens is 1090 g/mol. The lowest BCUT2D eigenvalue weighted by molar-refractivity contribution is 1.17. The van der Waals surface area contributed by atoms with Crippen molar-refractivity contribution in [2.75, 3.05) is 0 Å². The lowest BCUT2D eigenvalue weighted by Gasteiger charge is -2.35. The van der Waals surface area contributed by atoms with Gasteiger partial charge in [-0.3, -0.25) is 0 Å². The van der Waals surface area contributed by atoms with Crippen LogP contribution in [0.25, 0.3) is 88.4 Å². The van der Waals surface area contributed by atoms with E-state index in [9.17, 15) is 0 Å². The van der Waals surface area contributed by atoms with Gasteiger partial charge in [-0.1, -0.05) is 309 Å². The van der Waals surface area contributed by atoms with Crippen molar-refractivity contribution in [1.82, 2.24) is 9.13 Å². The Bertz CT molecular complexity index is 4800. The molecular formula is C84H60N2Si2. The van der Waals surface area contributed by atoms with Gasteiger partial charge in [0.25, 0.3) is 0 Å². The van der Waals surface area contributed by atoms with Gasteiger partial charge in [0, 0.05) is 32.9 Å². The number of aromatic nitrogens is 2. The molecule has 16 rings (SSSR count). The summed E-state index contributed by atoms with van der Waals surface area (Å²) in [6.07, 6.45) is 0. The van der Waals surface area contributed by atoms with Crippen LogP contribution in [-0.4, -0.2) is 25.3 Å². The second-order valence-electron chi connectivity index (χ2n) is 23.1.